The second-order valence-electron chi connectivity index (χ2n) is 5.16. The van der Waals surface area contributed by atoms with E-state index in [0.29, 0.717) is 22.1 Å². The quantitative estimate of drug-likeness (QED) is 0.753. The van der Waals surface area contributed by atoms with Crippen molar-refractivity contribution in [3.8, 4) is 0 Å². The van der Waals surface area contributed by atoms with E-state index in [1.807, 2.05) is 13.0 Å². The number of benzene rings is 1. The van der Waals surface area contributed by atoms with Gasteiger partial charge in [0.2, 0.25) is 0 Å². The molecule has 3 N–H and O–H groups in total. The van der Waals surface area contributed by atoms with Crippen molar-refractivity contribution in [1.29, 1.82) is 0 Å². The molecule has 1 atom stereocenters. The highest BCUT2D eigenvalue weighted by Crippen LogP contribution is 2.17. The summed E-state index contributed by atoms with van der Waals surface area (Å²) in [6, 6.07) is 8.01. The molecule has 122 valence electrons. The van der Waals surface area contributed by atoms with Crippen molar-refractivity contribution < 1.29 is 14.0 Å². The summed E-state index contributed by atoms with van der Waals surface area (Å²) in [6.07, 6.45) is 0. The van der Waals surface area contributed by atoms with Crippen LogP contribution in [0.25, 0.3) is 0 Å². The molecule has 2 rings (SSSR count). The van der Waals surface area contributed by atoms with Crippen molar-refractivity contribution in [3.05, 3.63) is 58.0 Å². The summed E-state index contributed by atoms with van der Waals surface area (Å²) in [7, 11) is 0. The predicted molar refractivity (Wildman–Crippen MR) is 87.2 cm³/mol. The molecule has 0 spiro atoms. The molecule has 0 aliphatic carbocycles. The number of urea groups is 1. The minimum atomic E-state index is -0.524. The van der Waals surface area contributed by atoms with Crippen molar-refractivity contribution in [3.63, 3.8) is 0 Å². The first kappa shape index (κ1) is 16.9. The fraction of sp³-hybridized carbons (Fsp3) is 0.250. The van der Waals surface area contributed by atoms with E-state index < -0.39 is 11.9 Å². The van der Waals surface area contributed by atoms with Crippen molar-refractivity contribution >= 4 is 23.5 Å². The lowest BCUT2D eigenvalue weighted by Crippen LogP contribution is -2.47. The monoisotopic (exact) mass is 335 g/mol. The van der Waals surface area contributed by atoms with Gasteiger partial charge >= 0.3 is 6.03 Å². The molecule has 1 heterocycles. The molecule has 7 heteroatoms. The Balaban J connectivity index is 1.87. The molecule has 0 aliphatic rings. The highest BCUT2D eigenvalue weighted by atomic mass is 35.5. The van der Waals surface area contributed by atoms with Crippen LogP contribution in [0.5, 0.6) is 0 Å². The number of halogens is 1. The van der Waals surface area contributed by atoms with Gasteiger partial charge in [-0.05, 0) is 44.5 Å². The number of rotatable bonds is 3. The maximum atomic E-state index is 12.0. The Hall–Kier alpha value is -2.47. The number of aryl methyl sites for hydroxylation is 2. The SMILES string of the molecule is Cc1cc(C(=O)NNC(=O)NC(C)c2cccc(Cl)c2)c(C)o1. The molecule has 0 radical (unpaired) electrons. The van der Waals surface area contributed by atoms with Gasteiger partial charge < -0.3 is 9.73 Å². The molecule has 2 aromatic rings. The molecule has 3 amide bonds. The third kappa shape index (κ3) is 4.50. The summed E-state index contributed by atoms with van der Waals surface area (Å²) >= 11 is 5.92. The Morgan fingerprint density at radius 1 is 1.17 bits per heavy atom. The van der Waals surface area contributed by atoms with Crippen LogP contribution in [0.15, 0.2) is 34.7 Å². The molecule has 0 aliphatic heterocycles. The molecule has 0 saturated carbocycles. The first-order valence-electron chi connectivity index (χ1n) is 7.06. The van der Waals surface area contributed by atoms with Gasteiger partial charge in [0.25, 0.3) is 5.91 Å². The van der Waals surface area contributed by atoms with Gasteiger partial charge in [-0.25, -0.2) is 10.2 Å². The molecule has 0 bridgehead atoms. The van der Waals surface area contributed by atoms with Crippen molar-refractivity contribution in [1.82, 2.24) is 16.2 Å². The Bertz CT molecular complexity index is 727. The van der Waals surface area contributed by atoms with Crippen LogP contribution in [-0.2, 0) is 0 Å². The Morgan fingerprint density at radius 3 is 2.52 bits per heavy atom. The molecule has 1 aromatic heterocycles. The van der Waals surface area contributed by atoms with Crippen LogP contribution < -0.4 is 16.2 Å². The van der Waals surface area contributed by atoms with E-state index in [-0.39, 0.29) is 6.04 Å². The number of hydrogen-bond donors (Lipinski definition) is 3. The zero-order valence-corrected chi connectivity index (χ0v) is 13.8. The number of furan rings is 1. The number of hydrogen-bond acceptors (Lipinski definition) is 3. The van der Waals surface area contributed by atoms with Crippen LogP contribution in [0, 0.1) is 13.8 Å². The lowest BCUT2D eigenvalue weighted by atomic mass is 10.1. The minimum absolute atomic E-state index is 0.261. The maximum absolute atomic E-state index is 12.0. The maximum Gasteiger partial charge on any atom is 0.333 e. The first-order chi connectivity index (χ1) is 10.9. The van der Waals surface area contributed by atoms with E-state index in [1.165, 1.54) is 0 Å². The third-order valence-corrected chi connectivity index (χ3v) is 3.51. The molecule has 1 unspecified atom stereocenters. The summed E-state index contributed by atoms with van der Waals surface area (Å²) in [5.74, 6) is 0.686. The van der Waals surface area contributed by atoms with Crippen LogP contribution in [0.3, 0.4) is 0 Å². The largest absolute Gasteiger partial charge is 0.466 e. The number of carbonyl (C=O) groups is 2. The van der Waals surface area contributed by atoms with E-state index in [4.69, 9.17) is 16.0 Å². The average molecular weight is 336 g/mol. The Kier molecular flexibility index (Phi) is 5.28. The number of nitrogens with one attached hydrogen (secondary N) is 3. The molecule has 0 fully saturated rings. The fourth-order valence-electron chi connectivity index (χ4n) is 2.13. The topological polar surface area (TPSA) is 83.4 Å². The standard InChI is InChI=1S/C16H18ClN3O3/c1-9-7-14(11(3)23-9)15(21)19-20-16(22)18-10(2)12-5-4-6-13(17)8-12/h4-8,10H,1-3H3,(H,19,21)(H2,18,20,22). The number of carbonyl (C=O) groups excluding carboxylic acids is 2. The van der Waals surface area contributed by atoms with Gasteiger partial charge in [0.05, 0.1) is 11.6 Å². The van der Waals surface area contributed by atoms with Crippen molar-refractivity contribution in [2.75, 3.05) is 0 Å². The second kappa shape index (κ2) is 7.19. The van der Waals surface area contributed by atoms with Crippen LogP contribution in [0.4, 0.5) is 4.79 Å². The summed E-state index contributed by atoms with van der Waals surface area (Å²) in [4.78, 5) is 23.8. The molecule has 0 saturated heterocycles. The van der Waals surface area contributed by atoms with Crippen LogP contribution in [0.2, 0.25) is 5.02 Å². The normalized spacial score (nSPS) is 11.7. The van der Waals surface area contributed by atoms with Crippen molar-refractivity contribution in [2.45, 2.75) is 26.8 Å². The fourth-order valence-corrected chi connectivity index (χ4v) is 2.33. The van der Waals surface area contributed by atoms with E-state index >= 15 is 0 Å². The summed E-state index contributed by atoms with van der Waals surface area (Å²) < 4.78 is 5.27. The van der Waals surface area contributed by atoms with Gasteiger partial charge in [-0.1, -0.05) is 23.7 Å². The molecule has 1 aromatic carbocycles. The molecule has 23 heavy (non-hydrogen) atoms. The zero-order chi connectivity index (χ0) is 17.0. The van der Waals surface area contributed by atoms with E-state index in [2.05, 4.69) is 16.2 Å². The predicted octanol–water partition coefficient (Wildman–Crippen LogP) is 3.26. The smallest absolute Gasteiger partial charge is 0.333 e. The van der Waals surface area contributed by atoms with Crippen molar-refractivity contribution in [2.24, 2.45) is 0 Å². The highest BCUT2D eigenvalue weighted by Gasteiger charge is 2.15. The average Bonchev–Trinajstić information content (AvgIpc) is 2.83. The van der Waals surface area contributed by atoms with Gasteiger partial charge in [-0.3, -0.25) is 10.2 Å². The molecule has 6 nitrogen and oxygen atoms in total. The summed E-state index contributed by atoms with van der Waals surface area (Å²) in [6.45, 7) is 5.25. The van der Waals surface area contributed by atoms with Gasteiger partial charge in [0, 0.05) is 5.02 Å². The lowest BCUT2D eigenvalue weighted by molar-refractivity contribution is 0.0934. The summed E-state index contributed by atoms with van der Waals surface area (Å²) in [5.41, 5.74) is 5.88. The zero-order valence-electron chi connectivity index (χ0n) is 13.1. The number of hydrazine groups is 1. The second-order valence-corrected chi connectivity index (χ2v) is 5.59. The van der Waals surface area contributed by atoms with Crippen LogP contribution in [0.1, 0.15) is 40.4 Å². The van der Waals surface area contributed by atoms with Crippen LogP contribution in [-0.4, -0.2) is 11.9 Å². The van der Waals surface area contributed by atoms with Gasteiger partial charge in [0.15, 0.2) is 0 Å². The summed E-state index contributed by atoms with van der Waals surface area (Å²) in [5, 5.41) is 3.30. The Labute approximate surface area is 139 Å². The van der Waals surface area contributed by atoms with E-state index in [0.717, 1.165) is 5.56 Å². The number of amides is 3. The van der Waals surface area contributed by atoms with Crippen LogP contribution >= 0.6 is 11.6 Å². The van der Waals surface area contributed by atoms with Gasteiger partial charge in [-0.15, -0.1) is 0 Å². The van der Waals surface area contributed by atoms with Gasteiger partial charge in [0.1, 0.15) is 11.5 Å². The third-order valence-electron chi connectivity index (χ3n) is 3.27. The highest BCUT2D eigenvalue weighted by molar-refractivity contribution is 6.30. The molecular formula is C16H18ClN3O3. The lowest BCUT2D eigenvalue weighted by Gasteiger charge is -2.15. The van der Waals surface area contributed by atoms with E-state index in [1.54, 1.807) is 38.1 Å². The minimum Gasteiger partial charge on any atom is -0.466 e. The first-order valence-corrected chi connectivity index (χ1v) is 7.44. The Morgan fingerprint density at radius 2 is 1.91 bits per heavy atom. The van der Waals surface area contributed by atoms with Gasteiger partial charge in [-0.2, -0.15) is 0 Å². The molecular weight excluding hydrogens is 318 g/mol. The van der Waals surface area contributed by atoms with E-state index in [9.17, 15) is 9.59 Å².